The molecule has 6 atom stereocenters. The van der Waals surface area contributed by atoms with E-state index in [1.54, 1.807) is 36.4 Å². The van der Waals surface area contributed by atoms with Gasteiger partial charge in [-0.1, -0.05) is 42.5 Å². The quantitative estimate of drug-likeness (QED) is 0.197. The van der Waals surface area contributed by atoms with Crippen LogP contribution < -0.4 is 4.74 Å². The summed E-state index contributed by atoms with van der Waals surface area (Å²) in [5.41, 5.74) is 0.494. The molecule has 0 unspecified atom stereocenters. The van der Waals surface area contributed by atoms with E-state index in [0.29, 0.717) is 30.7 Å². The highest BCUT2D eigenvalue weighted by Crippen LogP contribution is 2.64. The Morgan fingerprint density at radius 3 is 2.40 bits per heavy atom. The number of aldehydes is 1. The van der Waals surface area contributed by atoms with Gasteiger partial charge in [-0.2, -0.15) is 13.2 Å². The van der Waals surface area contributed by atoms with Crippen LogP contribution in [0.3, 0.4) is 0 Å². The molecule has 0 saturated carbocycles. The number of aliphatic carboxylic acids is 1. The summed E-state index contributed by atoms with van der Waals surface area (Å²) in [6.45, 7) is 1.40. The molecule has 2 heterocycles. The van der Waals surface area contributed by atoms with E-state index in [9.17, 15) is 47.7 Å². The van der Waals surface area contributed by atoms with Crippen LogP contribution in [0.25, 0.3) is 0 Å². The second kappa shape index (κ2) is 13.8. The fourth-order valence-corrected chi connectivity index (χ4v) is 7.39. The standard InChI is InChI=1S/C32H33NO11.C2HF3O/c1-17(35)41-22(29(37)38)15-24(36)43-27(18-6-4-3-5-7-18)30(39)42-21-10-11-32(40)23-14-19-8-9-20(16-34)26-25(19)31(32,28(21)44-26)12-13-33(23)2;3-2(4,5)1-6/h3-10,22-23,27-28,34,40H,11-16H2,1-2H3,(H,37,38);1H/t22-,23+,27-,28-,31-,32+;/m0./s1. The van der Waals surface area contributed by atoms with Gasteiger partial charge in [0.2, 0.25) is 18.5 Å². The number of carboxylic acids is 1. The summed E-state index contributed by atoms with van der Waals surface area (Å²) >= 11 is 0. The minimum Gasteiger partial charge on any atom is -0.481 e. The molecule has 1 saturated heterocycles. The topological polar surface area (TPSA) is 186 Å². The summed E-state index contributed by atoms with van der Waals surface area (Å²) in [5.74, 6) is -3.86. The van der Waals surface area contributed by atoms with Crippen molar-refractivity contribution < 1.29 is 71.4 Å². The number of aliphatic hydroxyl groups is 2. The van der Waals surface area contributed by atoms with Crippen LogP contribution in [0.2, 0.25) is 0 Å². The van der Waals surface area contributed by atoms with Gasteiger partial charge in [-0.05, 0) is 38.1 Å². The Labute approximate surface area is 283 Å². The lowest BCUT2D eigenvalue weighted by Gasteiger charge is -2.61. The second-order valence-corrected chi connectivity index (χ2v) is 12.4. The van der Waals surface area contributed by atoms with E-state index in [-0.39, 0.29) is 30.4 Å². The number of nitrogens with zero attached hydrogens (tertiary/aromatic N) is 1. The number of ether oxygens (including phenoxy) is 4. The number of benzene rings is 2. The van der Waals surface area contributed by atoms with E-state index in [1.807, 2.05) is 19.2 Å². The highest BCUT2D eigenvalue weighted by Gasteiger charge is 2.72. The molecule has 4 aliphatic rings. The zero-order chi connectivity index (χ0) is 36.6. The largest absolute Gasteiger partial charge is 0.481 e. The van der Waals surface area contributed by atoms with E-state index in [2.05, 4.69) is 4.90 Å². The molecule has 1 fully saturated rings. The van der Waals surface area contributed by atoms with Crippen LogP contribution in [-0.2, 0) is 56.6 Å². The Morgan fingerprint density at radius 1 is 1.12 bits per heavy atom. The van der Waals surface area contributed by atoms with Crippen molar-refractivity contribution in [1.82, 2.24) is 4.90 Å². The minimum atomic E-state index is -4.64. The molecule has 3 N–H and O–H groups in total. The summed E-state index contributed by atoms with van der Waals surface area (Å²) in [6.07, 6.45) is -7.89. The van der Waals surface area contributed by atoms with Gasteiger partial charge in [0.15, 0.2) is 6.10 Å². The number of carbonyl (C=O) groups excluding carboxylic acids is 4. The highest BCUT2D eigenvalue weighted by atomic mass is 19.4. The van der Waals surface area contributed by atoms with Crippen molar-refractivity contribution in [2.45, 2.75) is 80.8 Å². The third kappa shape index (κ3) is 6.57. The number of halogens is 3. The summed E-state index contributed by atoms with van der Waals surface area (Å²) < 4.78 is 53.8. The van der Waals surface area contributed by atoms with Gasteiger partial charge in [0.25, 0.3) is 0 Å². The molecule has 13 nitrogen and oxygen atoms in total. The number of likely N-dealkylation sites (tertiary alicyclic amines) is 1. The van der Waals surface area contributed by atoms with E-state index in [0.717, 1.165) is 18.1 Å². The second-order valence-electron chi connectivity index (χ2n) is 12.4. The number of hydrogen-bond donors (Lipinski definition) is 3. The molecule has 1 spiro atoms. The molecular weight excluding hydrogens is 671 g/mol. The molecule has 50 heavy (non-hydrogen) atoms. The number of rotatable bonds is 9. The summed E-state index contributed by atoms with van der Waals surface area (Å²) in [7, 11) is 1.97. The molecule has 2 aromatic rings. The number of piperidine rings is 1. The zero-order valence-electron chi connectivity index (χ0n) is 26.8. The minimum absolute atomic E-state index is 0.149. The van der Waals surface area contributed by atoms with E-state index >= 15 is 0 Å². The SMILES string of the molecule is CC(=O)O[C@@H](CC(=O)O[C@H](C(=O)OC1=CC[C@@]2(O)[C@H]3Cc4ccc(CO)c5c4[C@@]2(CCN3C)[C@H]1O5)c1ccccc1)C(=O)O.O=CC(F)(F)F. The first-order chi connectivity index (χ1) is 23.6. The monoisotopic (exact) mass is 705 g/mol. The lowest BCUT2D eigenvalue weighted by Crippen LogP contribution is -2.74. The van der Waals surface area contributed by atoms with Crippen molar-refractivity contribution in [3.8, 4) is 5.75 Å². The molecule has 0 radical (unpaired) electrons. The zero-order valence-corrected chi connectivity index (χ0v) is 26.8. The molecule has 6 rings (SSSR count). The lowest BCUT2D eigenvalue weighted by molar-refractivity contribution is -0.178. The molecule has 2 bridgehead atoms. The number of alkyl halides is 3. The van der Waals surface area contributed by atoms with Gasteiger partial charge in [0.05, 0.1) is 24.0 Å². The van der Waals surface area contributed by atoms with Crippen LogP contribution in [0.4, 0.5) is 13.2 Å². The molecule has 0 aromatic heterocycles. The van der Waals surface area contributed by atoms with Crippen molar-refractivity contribution in [3.05, 3.63) is 76.6 Å². The molecular formula is C34H34F3NO12. The summed E-state index contributed by atoms with van der Waals surface area (Å²) in [6, 6.07) is 11.6. The van der Waals surface area contributed by atoms with Gasteiger partial charge >= 0.3 is 30.1 Å². The van der Waals surface area contributed by atoms with Crippen LogP contribution in [-0.4, -0.2) is 94.0 Å². The van der Waals surface area contributed by atoms with Gasteiger partial charge in [-0.15, -0.1) is 0 Å². The van der Waals surface area contributed by atoms with Gasteiger partial charge in [0.1, 0.15) is 11.5 Å². The van der Waals surface area contributed by atoms with E-state index in [1.165, 1.54) is 0 Å². The number of carbonyl (C=O) groups is 5. The number of aliphatic hydroxyl groups excluding tert-OH is 1. The third-order valence-electron chi connectivity index (χ3n) is 9.48. The van der Waals surface area contributed by atoms with Gasteiger partial charge < -0.3 is 39.2 Å². The Balaban J connectivity index is 0.000000745. The maximum absolute atomic E-state index is 13.8. The molecule has 0 amide bonds. The summed E-state index contributed by atoms with van der Waals surface area (Å²) in [4.78, 5) is 60.3. The van der Waals surface area contributed by atoms with Crippen LogP contribution in [0.1, 0.15) is 54.5 Å². The number of likely N-dealkylation sites (N-methyl/N-ethyl adjacent to an activating group) is 1. The maximum Gasteiger partial charge on any atom is 0.446 e. The Bertz CT molecular complexity index is 1710. The Morgan fingerprint density at radius 2 is 1.80 bits per heavy atom. The maximum atomic E-state index is 13.8. The molecule has 2 aliphatic heterocycles. The number of esters is 3. The van der Waals surface area contributed by atoms with Gasteiger partial charge in [-0.25, -0.2) is 9.59 Å². The first kappa shape index (κ1) is 36.5. The predicted molar refractivity (Wildman–Crippen MR) is 162 cm³/mol. The number of carboxylic acid groups (broad SMARTS) is 1. The van der Waals surface area contributed by atoms with Crippen molar-refractivity contribution >= 4 is 30.2 Å². The predicted octanol–water partition coefficient (Wildman–Crippen LogP) is 2.44. The molecule has 2 aliphatic carbocycles. The van der Waals surface area contributed by atoms with Crippen LogP contribution in [0, 0.1) is 0 Å². The van der Waals surface area contributed by atoms with E-state index in [4.69, 9.17) is 23.7 Å². The van der Waals surface area contributed by atoms with Crippen molar-refractivity contribution in [2.75, 3.05) is 13.6 Å². The van der Waals surface area contributed by atoms with Crippen LogP contribution >= 0.6 is 0 Å². The number of hydrogen-bond acceptors (Lipinski definition) is 12. The Hall–Kier alpha value is -4.80. The molecule has 2 aromatic carbocycles. The van der Waals surface area contributed by atoms with Crippen molar-refractivity contribution in [1.29, 1.82) is 0 Å². The first-order valence-corrected chi connectivity index (χ1v) is 15.5. The average molecular weight is 706 g/mol. The third-order valence-corrected chi connectivity index (χ3v) is 9.48. The fourth-order valence-electron chi connectivity index (χ4n) is 7.39. The fraction of sp³-hybridized carbons (Fsp3) is 0.441. The molecule has 268 valence electrons. The van der Waals surface area contributed by atoms with E-state index < -0.39 is 72.1 Å². The van der Waals surface area contributed by atoms with Crippen molar-refractivity contribution in [2.24, 2.45) is 0 Å². The first-order valence-electron chi connectivity index (χ1n) is 15.5. The Kier molecular flexibility index (Phi) is 10.1. The van der Waals surface area contributed by atoms with Gasteiger partial charge in [0, 0.05) is 36.1 Å². The summed E-state index contributed by atoms with van der Waals surface area (Å²) in [5, 5.41) is 31.9. The van der Waals surface area contributed by atoms with Crippen LogP contribution in [0.15, 0.2) is 54.3 Å². The smallest absolute Gasteiger partial charge is 0.446 e. The lowest BCUT2D eigenvalue weighted by atomic mass is 9.50. The normalized spacial score (nSPS) is 25.6. The van der Waals surface area contributed by atoms with Gasteiger partial charge in [-0.3, -0.25) is 14.4 Å². The highest BCUT2D eigenvalue weighted by molar-refractivity contribution is 5.85. The van der Waals surface area contributed by atoms with Crippen molar-refractivity contribution in [3.63, 3.8) is 0 Å². The average Bonchev–Trinajstić information content (AvgIpc) is 3.42. The molecule has 16 heteroatoms. The van der Waals surface area contributed by atoms with Crippen LogP contribution in [0.5, 0.6) is 5.75 Å².